The molecule has 0 amide bonds. The van der Waals surface area contributed by atoms with Crippen molar-refractivity contribution < 1.29 is 4.39 Å². The molecule has 0 bridgehead atoms. The van der Waals surface area contributed by atoms with Gasteiger partial charge >= 0.3 is 0 Å². The van der Waals surface area contributed by atoms with Crippen molar-refractivity contribution in [1.29, 1.82) is 0 Å². The van der Waals surface area contributed by atoms with Crippen molar-refractivity contribution in [2.24, 2.45) is 0 Å². The van der Waals surface area contributed by atoms with E-state index in [0.29, 0.717) is 0 Å². The van der Waals surface area contributed by atoms with Gasteiger partial charge in [-0.05, 0) is 37.4 Å². The summed E-state index contributed by atoms with van der Waals surface area (Å²) in [5.74, 6) is -0.176. The highest BCUT2D eigenvalue weighted by atomic mass is 79.9. The summed E-state index contributed by atoms with van der Waals surface area (Å²) in [4.78, 5) is 0. The van der Waals surface area contributed by atoms with E-state index in [0.717, 1.165) is 10.1 Å². The van der Waals surface area contributed by atoms with Gasteiger partial charge in [0.25, 0.3) is 0 Å². The quantitative estimate of drug-likeness (QED) is 0.613. The summed E-state index contributed by atoms with van der Waals surface area (Å²) in [5, 5.41) is 0. The average molecular weight is 219 g/mol. The van der Waals surface area contributed by atoms with Crippen molar-refractivity contribution in [3.63, 3.8) is 0 Å². The summed E-state index contributed by atoms with van der Waals surface area (Å²) in [6, 6.07) is 0. The fraction of sp³-hybridized carbons (Fsp3) is 0.333. The maximum absolute atomic E-state index is 12.2. The Morgan fingerprint density at radius 1 is 1.18 bits per heavy atom. The molecule has 0 saturated carbocycles. The van der Waals surface area contributed by atoms with E-state index >= 15 is 0 Å². The molecule has 0 spiro atoms. The molecule has 0 aromatic carbocycles. The molecule has 0 saturated heterocycles. The summed E-state index contributed by atoms with van der Waals surface area (Å²) in [7, 11) is 0. The molecular formula is C9H12BrF. The molecule has 0 aromatic rings. The Kier molecular flexibility index (Phi) is 5.12. The minimum atomic E-state index is -0.176. The molecule has 0 fully saturated rings. The molecule has 0 aromatic heterocycles. The van der Waals surface area contributed by atoms with Crippen LogP contribution in [0.3, 0.4) is 0 Å². The summed E-state index contributed by atoms with van der Waals surface area (Å²) >= 11 is 3.29. The first kappa shape index (κ1) is 10.6. The molecule has 0 rings (SSSR count). The van der Waals surface area contributed by atoms with Gasteiger partial charge in [0.05, 0.1) is 5.83 Å². The minimum absolute atomic E-state index is 0.176. The molecule has 0 aliphatic rings. The SMILES string of the molecule is C/C(Br)=C/C(C)=C/C=C(\C)F. The summed E-state index contributed by atoms with van der Waals surface area (Å²) < 4.78 is 13.2. The zero-order valence-corrected chi connectivity index (χ0v) is 8.57. The predicted molar refractivity (Wildman–Crippen MR) is 51.3 cm³/mol. The molecule has 0 heterocycles. The number of allylic oxidation sites excluding steroid dienone is 6. The van der Waals surface area contributed by atoms with E-state index in [4.69, 9.17) is 0 Å². The van der Waals surface area contributed by atoms with Crippen LogP contribution in [-0.4, -0.2) is 0 Å². The van der Waals surface area contributed by atoms with E-state index in [9.17, 15) is 4.39 Å². The van der Waals surface area contributed by atoms with E-state index in [-0.39, 0.29) is 5.83 Å². The van der Waals surface area contributed by atoms with Gasteiger partial charge in [0.15, 0.2) is 0 Å². The van der Waals surface area contributed by atoms with E-state index in [2.05, 4.69) is 15.9 Å². The lowest BCUT2D eigenvalue weighted by molar-refractivity contribution is 0.640. The van der Waals surface area contributed by atoms with Gasteiger partial charge in [-0.15, -0.1) is 0 Å². The molecule has 11 heavy (non-hydrogen) atoms. The van der Waals surface area contributed by atoms with Crippen molar-refractivity contribution >= 4 is 15.9 Å². The lowest BCUT2D eigenvalue weighted by atomic mass is 10.2. The van der Waals surface area contributed by atoms with Crippen molar-refractivity contribution in [3.05, 3.63) is 34.1 Å². The normalized spacial score (nSPS) is 15.5. The van der Waals surface area contributed by atoms with Crippen LogP contribution in [0.25, 0.3) is 0 Å². The van der Waals surface area contributed by atoms with Crippen LogP contribution in [0, 0.1) is 0 Å². The first-order valence-corrected chi connectivity index (χ1v) is 4.16. The Labute approximate surface area is 75.6 Å². The number of halogens is 2. The highest BCUT2D eigenvalue weighted by Crippen LogP contribution is 2.08. The standard InChI is InChI=1S/C9H12BrF/c1-7(6-8(2)10)4-5-9(3)11/h4-6H,1-3H3/b7-4+,8-6-,9-5+. The minimum Gasteiger partial charge on any atom is -0.212 e. The molecule has 0 radical (unpaired) electrons. The number of rotatable bonds is 2. The summed E-state index contributed by atoms with van der Waals surface area (Å²) in [6.45, 7) is 5.28. The molecule has 0 nitrogen and oxygen atoms in total. The van der Waals surface area contributed by atoms with Crippen molar-refractivity contribution in [1.82, 2.24) is 0 Å². The van der Waals surface area contributed by atoms with Crippen LogP contribution in [-0.2, 0) is 0 Å². The second kappa shape index (κ2) is 5.30. The van der Waals surface area contributed by atoms with Crippen LogP contribution in [0.15, 0.2) is 34.1 Å². The van der Waals surface area contributed by atoms with Gasteiger partial charge in [-0.1, -0.05) is 27.6 Å². The van der Waals surface area contributed by atoms with Crippen LogP contribution in [0.5, 0.6) is 0 Å². The lowest BCUT2D eigenvalue weighted by Crippen LogP contribution is -1.68. The van der Waals surface area contributed by atoms with Crippen molar-refractivity contribution in [2.45, 2.75) is 20.8 Å². The number of hydrogen-bond donors (Lipinski definition) is 0. The van der Waals surface area contributed by atoms with Gasteiger partial charge in [0.2, 0.25) is 0 Å². The van der Waals surface area contributed by atoms with Crippen LogP contribution in [0.1, 0.15) is 20.8 Å². The summed E-state index contributed by atoms with van der Waals surface area (Å²) in [5.41, 5.74) is 1.02. The zero-order valence-electron chi connectivity index (χ0n) is 6.99. The maximum atomic E-state index is 12.2. The van der Waals surface area contributed by atoms with Gasteiger partial charge in [0.1, 0.15) is 0 Å². The van der Waals surface area contributed by atoms with E-state index in [1.165, 1.54) is 13.0 Å². The fourth-order valence-corrected chi connectivity index (χ4v) is 0.969. The molecule has 0 aliphatic carbocycles. The van der Waals surface area contributed by atoms with Gasteiger partial charge in [-0.25, -0.2) is 4.39 Å². The fourth-order valence-electron chi connectivity index (χ4n) is 0.608. The predicted octanol–water partition coefficient (Wildman–Crippen LogP) is 4.10. The Hall–Kier alpha value is -0.370. The van der Waals surface area contributed by atoms with E-state index in [1.807, 2.05) is 19.9 Å². The van der Waals surface area contributed by atoms with Crippen molar-refractivity contribution in [3.8, 4) is 0 Å². The lowest BCUT2D eigenvalue weighted by Gasteiger charge is -1.89. The maximum Gasteiger partial charge on any atom is 0.0968 e. The molecule has 0 aliphatic heterocycles. The summed E-state index contributed by atoms with van der Waals surface area (Å²) in [6.07, 6.45) is 5.11. The molecule has 2 heteroatoms. The molecule has 0 atom stereocenters. The Morgan fingerprint density at radius 3 is 2.09 bits per heavy atom. The molecule has 62 valence electrons. The first-order valence-electron chi connectivity index (χ1n) is 3.37. The smallest absolute Gasteiger partial charge is 0.0968 e. The largest absolute Gasteiger partial charge is 0.212 e. The van der Waals surface area contributed by atoms with Gasteiger partial charge in [-0.2, -0.15) is 0 Å². The third kappa shape index (κ3) is 7.53. The number of hydrogen-bond acceptors (Lipinski definition) is 0. The van der Waals surface area contributed by atoms with E-state index < -0.39 is 0 Å². The highest BCUT2D eigenvalue weighted by molar-refractivity contribution is 9.11. The third-order valence-corrected chi connectivity index (χ3v) is 1.23. The van der Waals surface area contributed by atoms with Crippen LogP contribution in [0.2, 0.25) is 0 Å². The van der Waals surface area contributed by atoms with Crippen LogP contribution >= 0.6 is 15.9 Å². The molecular weight excluding hydrogens is 207 g/mol. The van der Waals surface area contributed by atoms with Gasteiger partial charge in [-0.3, -0.25) is 0 Å². The highest BCUT2D eigenvalue weighted by Gasteiger charge is 1.83. The topological polar surface area (TPSA) is 0 Å². The molecule has 0 unspecified atom stereocenters. The monoisotopic (exact) mass is 218 g/mol. The van der Waals surface area contributed by atoms with Gasteiger partial charge < -0.3 is 0 Å². The zero-order chi connectivity index (χ0) is 8.85. The second-order valence-electron chi connectivity index (χ2n) is 2.40. The van der Waals surface area contributed by atoms with Crippen molar-refractivity contribution in [2.75, 3.05) is 0 Å². The Balaban J connectivity index is 4.25. The molecule has 0 N–H and O–H groups in total. The van der Waals surface area contributed by atoms with Crippen LogP contribution < -0.4 is 0 Å². The first-order chi connectivity index (χ1) is 5.02. The third-order valence-electron chi connectivity index (χ3n) is 1.00. The van der Waals surface area contributed by atoms with Gasteiger partial charge in [0, 0.05) is 0 Å². The Bertz CT molecular complexity index is 204. The van der Waals surface area contributed by atoms with E-state index in [1.54, 1.807) is 6.08 Å². The average Bonchev–Trinajstić information content (AvgIpc) is 1.82. The Morgan fingerprint density at radius 2 is 1.73 bits per heavy atom. The second-order valence-corrected chi connectivity index (χ2v) is 3.65. The van der Waals surface area contributed by atoms with Crippen LogP contribution in [0.4, 0.5) is 4.39 Å².